The minimum Gasteiger partial charge on any atom is -0.481 e. The van der Waals surface area contributed by atoms with Crippen molar-refractivity contribution in [1.82, 2.24) is 25.0 Å². The minimum absolute atomic E-state index is 0.0557. The van der Waals surface area contributed by atoms with Crippen molar-refractivity contribution < 1.29 is 13.2 Å². The SMILES string of the molecule is COc1ccc(Cn2ncc3cc(S(=O)(=O)c4cn[nH]c4)ccc3c2=O)cn1. The molecule has 10 heteroatoms. The molecule has 0 aliphatic carbocycles. The first-order valence-electron chi connectivity index (χ1n) is 8.22. The van der Waals surface area contributed by atoms with Gasteiger partial charge in [0.15, 0.2) is 0 Å². The van der Waals surface area contributed by atoms with E-state index in [1.807, 2.05) is 0 Å². The molecule has 0 aliphatic rings. The van der Waals surface area contributed by atoms with Crippen LogP contribution in [0.3, 0.4) is 0 Å². The molecule has 4 aromatic rings. The Hall–Kier alpha value is -3.53. The van der Waals surface area contributed by atoms with E-state index in [-0.39, 0.29) is 21.9 Å². The van der Waals surface area contributed by atoms with Gasteiger partial charge in [-0.15, -0.1) is 0 Å². The lowest BCUT2D eigenvalue weighted by Crippen LogP contribution is -2.23. The number of nitrogens with one attached hydrogen (secondary N) is 1. The molecule has 0 spiro atoms. The van der Waals surface area contributed by atoms with Crippen LogP contribution in [-0.2, 0) is 16.4 Å². The topological polar surface area (TPSA) is 120 Å². The number of pyridine rings is 1. The van der Waals surface area contributed by atoms with E-state index in [0.29, 0.717) is 16.7 Å². The molecule has 0 bridgehead atoms. The number of ether oxygens (including phenoxy) is 1. The molecule has 1 aromatic carbocycles. The smallest absolute Gasteiger partial charge is 0.274 e. The average molecular weight is 397 g/mol. The fraction of sp³-hybridized carbons (Fsp3) is 0.111. The zero-order valence-electron chi connectivity index (χ0n) is 14.7. The second kappa shape index (κ2) is 6.89. The summed E-state index contributed by atoms with van der Waals surface area (Å²) in [4.78, 5) is 17.0. The van der Waals surface area contributed by atoms with Crippen LogP contribution in [0.15, 0.2) is 69.7 Å². The number of aromatic nitrogens is 5. The number of nitrogens with zero attached hydrogens (tertiary/aromatic N) is 4. The van der Waals surface area contributed by atoms with Crippen molar-refractivity contribution in [3.8, 4) is 5.88 Å². The van der Waals surface area contributed by atoms with E-state index < -0.39 is 9.84 Å². The highest BCUT2D eigenvalue weighted by atomic mass is 32.2. The molecule has 0 unspecified atom stereocenters. The van der Waals surface area contributed by atoms with Gasteiger partial charge in [0.2, 0.25) is 15.7 Å². The van der Waals surface area contributed by atoms with Crippen LogP contribution in [-0.4, -0.2) is 40.5 Å². The third kappa shape index (κ3) is 3.14. The van der Waals surface area contributed by atoms with Crippen LogP contribution < -0.4 is 10.3 Å². The average Bonchev–Trinajstić information content (AvgIpc) is 3.26. The largest absolute Gasteiger partial charge is 0.481 e. The maximum absolute atomic E-state index is 12.7. The predicted molar refractivity (Wildman–Crippen MR) is 99.9 cm³/mol. The molecule has 0 radical (unpaired) electrons. The Labute approximate surface area is 159 Å². The van der Waals surface area contributed by atoms with Crippen LogP contribution in [0.2, 0.25) is 0 Å². The zero-order valence-corrected chi connectivity index (χ0v) is 15.5. The number of rotatable bonds is 5. The summed E-state index contributed by atoms with van der Waals surface area (Å²) in [5, 5.41) is 11.1. The Morgan fingerprint density at radius 1 is 1.11 bits per heavy atom. The van der Waals surface area contributed by atoms with E-state index in [4.69, 9.17) is 4.74 Å². The molecule has 3 aromatic heterocycles. The predicted octanol–water partition coefficient (Wildman–Crippen LogP) is 1.40. The van der Waals surface area contributed by atoms with Crippen LogP contribution in [0, 0.1) is 0 Å². The van der Waals surface area contributed by atoms with Gasteiger partial charge in [-0.1, -0.05) is 6.07 Å². The number of aromatic amines is 1. The Morgan fingerprint density at radius 3 is 2.64 bits per heavy atom. The first-order valence-corrected chi connectivity index (χ1v) is 9.70. The number of hydrogen-bond donors (Lipinski definition) is 1. The van der Waals surface area contributed by atoms with Crippen molar-refractivity contribution in [2.75, 3.05) is 7.11 Å². The lowest BCUT2D eigenvalue weighted by Gasteiger charge is -2.08. The molecule has 0 fully saturated rings. The number of sulfone groups is 1. The molecule has 4 rings (SSSR count). The van der Waals surface area contributed by atoms with Crippen LogP contribution in [0.4, 0.5) is 0 Å². The maximum Gasteiger partial charge on any atom is 0.274 e. The monoisotopic (exact) mass is 397 g/mol. The first-order chi connectivity index (χ1) is 13.5. The van der Waals surface area contributed by atoms with Crippen molar-refractivity contribution in [3.05, 3.63) is 71.0 Å². The first kappa shape index (κ1) is 17.9. The summed E-state index contributed by atoms with van der Waals surface area (Å²) >= 11 is 0. The molecule has 0 aliphatic heterocycles. The van der Waals surface area contributed by atoms with Gasteiger partial charge in [0.05, 0.1) is 36.3 Å². The van der Waals surface area contributed by atoms with Crippen LogP contribution in [0.5, 0.6) is 5.88 Å². The molecular formula is C18H15N5O4S. The molecule has 0 saturated carbocycles. The summed E-state index contributed by atoms with van der Waals surface area (Å²) in [6.07, 6.45) is 5.62. The van der Waals surface area contributed by atoms with Gasteiger partial charge in [-0.25, -0.2) is 18.1 Å². The van der Waals surface area contributed by atoms with Gasteiger partial charge in [-0.3, -0.25) is 9.89 Å². The number of benzene rings is 1. The fourth-order valence-corrected chi connectivity index (χ4v) is 3.97. The highest BCUT2D eigenvalue weighted by Crippen LogP contribution is 2.22. The number of H-pyrrole nitrogens is 1. The molecule has 142 valence electrons. The van der Waals surface area contributed by atoms with E-state index in [2.05, 4.69) is 20.3 Å². The summed E-state index contributed by atoms with van der Waals surface area (Å²) in [5.74, 6) is 0.480. The van der Waals surface area contributed by atoms with E-state index in [9.17, 15) is 13.2 Å². The molecule has 1 N–H and O–H groups in total. The highest BCUT2D eigenvalue weighted by Gasteiger charge is 2.19. The lowest BCUT2D eigenvalue weighted by molar-refractivity contribution is 0.397. The van der Waals surface area contributed by atoms with Gasteiger partial charge >= 0.3 is 0 Å². The Morgan fingerprint density at radius 2 is 1.96 bits per heavy atom. The highest BCUT2D eigenvalue weighted by molar-refractivity contribution is 7.91. The van der Waals surface area contributed by atoms with Crippen LogP contribution >= 0.6 is 0 Å². The van der Waals surface area contributed by atoms with E-state index in [0.717, 1.165) is 5.56 Å². The Bertz CT molecular complexity index is 1300. The van der Waals surface area contributed by atoms with Crippen LogP contribution in [0.1, 0.15) is 5.56 Å². The third-order valence-corrected chi connectivity index (χ3v) is 5.98. The van der Waals surface area contributed by atoms with Gasteiger partial charge in [0.1, 0.15) is 4.90 Å². The third-order valence-electron chi connectivity index (χ3n) is 4.26. The molecular weight excluding hydrogens is 382 g/mol. The van der Waals surface area contributed by atoms with E-state index in [1.165, 1.54) is 48.6 Å². The quantitative estimate of drug-likeness (QED) is 0.540. The summed E-state index contributed by atoms with van der Waals surface area (Å²) < 4.78 is 31.5. The van der Waals surface area contributed by atoms with Gasteiger partial charge in [0, 0.05) is 23.8 Å². The standard InChI is InChI=1S/C18H15N5O4S/c1-27-17-5-2-12(7-19-17)11-23-18(24)16-4-3-14(6-13(16)8-22-23)28(25,26)15-9-20-21-10-15/h2-10H,11H2,1H3,(H,20,21). The van der Waals surface area contributed by atoms with E-state index >= 15 is 0 Å². The summed E-state index contributed by atoms with van der Waals surface area (Å²) in [6.45, 7) is 0.237. The molecule has 0 amide bonds. The number of fused-ring (bicyclic) bond motifs is 1. The van der Waals surface area contributed by atoms with Gasteiger partial charge in [0.25, 0.3) is 5.56 Å². The summed E-state index contributed by atoms with van der Waals surface area (Å²) in [5.41, 5.74) is 0.467. The van der Waals surface area contributed by atoms with Crippen molar-refractivity contribution >= 4 is 20.6 Å². The lowest BCUT2D eigenvalue weighted by atomic mass is 10.2. The number of hydrogen-bond acceptors (Lipinski definition) is 7. The maximum atomic E-state index is 12.7. The summed E-state index contributed by atoms with van der Waals surface area (Å²) in [7, 11) is -2.19. The second-order valence-electron chi connectivity index (χ2n) is 6.00. The number of methoxy groups -OCH3 is 1. The molecule has 28 heavy (non-hydrogen) atoms. The molecule has 0 saturated heterocycles. The zero-order chi connectivity index (χ0) is 19.7. The molecule has 0 atom stereocenters. The van der Waals surface area contributed by atoms with Crippen molar-refractivity contribution in [1.29, 1.82) is 0 Å². The van der Waals surface area contributed by atoms with Crippen LogP contribution in [0.25, 0.3) is 10.8 Å². The van der Waals surface area contributed by atoms with Gasteiger partial charge in [-0.05, 0) is 23.8 Å². The van der Waals surface area contributed by atoms with Crippen molar-refractivity contribution in [2.24, 2.45) is 0 Å². The summed E-state index contributed by atoms with van der Waals surface area (Å²) in [6, 6.07) is 7.84. The minimum atomic E-state index is -3.72. The molecule has 3 heterocycles. The van der Waals surface area contributed by atoms with Crippen molar-refractivity contribution in [2.45, 2.75) is 16.3 Å². The van der Waals surface area contributed by atoms with E-state index in [1.54, 1.807) is 18.3 Å². The Kier molecular flexibility index (Phi) is 4.40. The second-order valence-corrected chi connectivity index (χ2v) is 7.95. The fourth-order valence-electron chi connectivity index (χ4n) is 2.77. The normalized spacial score (nSPS) is 11.6. The van der Waals surface area contributed by atoms with Gasteiger partial charge < -0.3 is 4.74 Å². The Balaban J connectivity index is 1.71. The van der Waals surface area contributed by atoms with Gasteiger partial charge in [-0.2, -0.15) is 10.2 Å². The van der Waals surface area contributed by atoms with Crippen molar-refractivity contribution in [3.63, 3.8) is 0 Å². The molecule has 9 nitrogen and oxygen atoms in total.